The van der Waals surface area contributed by atoms with Gasteiger partial charge >= 0.3 is 12.1 Å². The molecular weight excluding hydrogens is 282 g/mol. The van der Waals surface area contributed by atoms with Crippen LogP contribution in [0, 0.1) is 5.92 Å². The van der Waals surface area contributed by atoms with Crippen molar-refractivity contribution in [3.8, 4) is 0 Å². The lowest BCUT2D eigenvalue weighted by Gasteiger charge is -2.33. The van der Waals surface area contributed by atoms with Crippen LogP contribution in [0.3, 0.4) is 0 Å². The SMILES string of the molecule is CCOC(=O)NC(C)(C(=O)OCc1ccccc1)C(C)CC. The zero-order chi connectivity index (χ0) is 16.6. The lowest BCUT2D eigenvalue weighted by Crippen LogP contribution is -2.57. The third kappa shape index (κ3) is 4.76. The number of hydrogen-bond acceptors (Lipinski definition) is 4. The van der Waals surface area contributed by atoms with Gasteiger partial charge in [-0.15, -0.1) is 0 Å². The van der Waals surface area contributed by atoms with Gasteiger partial charge in [-0.3, -0.25) is 0 Å². The molecule has 0 bridgehead atoms. The summed E-state index contributed by atoms with van der Waals surface area (Å²) in [4.78, 5) is 24.2. The average Bonchev–Trinajstić information content (AvgIpc) is 2.52. The van der Waals surface area contributed by atoms with Crippen molar-refractivity contribution in [1.82, 2.24) is 5.32 Å². The first-order valence-corrected chi connectivity index (χ1v) is 7.60. The fourth-order valence-corrected chi connectivity index (χ4v) is 2.04. The van der Waals surface area contributed by atoms with E-state index in [0.717, 1.165) is 12.0 Å². The van der Waals surface area contributed by atoms with Gasteiger partial charge in [0.1, 0.15) is 12.1 Å². The van der Waals surface area contributed by atoms with E-state index in [9.17, 15) is 9.59 Å². The van der Waals surface area contributed by atoms with Crippen molar-refractivity contribution in [2.45, 2.75) is 46.3 Å². The molecule has 2 atom stereocenters. The molecule has 0 aliphatic heterocycles. The summed E-state index contributed by atoms with van der Waals surface area (Å²) in [6.07, 6.45) is 0.116. The van der Waals surface area contributed by atoms with Crippen LogP contribution in [-0.4, -0.2) is 24.2 Å². The Kier molecular flexibility index (Phi) is 6.89. The normalized spacial score (nSPS) is 14.5. The number of esters is 1. The Morgan fingerprint density at radius 1 is 1.18 bits per heavy atom. The van der Waals surface area contributed by atoms with E-state index in [0.29, 0.717) is 0 Å². The van der Waals surface area contributed by atoms with Gasteiger partial charge in [-0.2, -0.15) is 0 Å². The molecule has 1 aromatic carbocycles. The second-order valence-electron chi connectivity index (χ2n) is 5.42. The van der Waals surface area contributed by atoms with Crippen molar-refractivity contribution in [3.05, 3.63) is 35.9 Å². The van der Waals surface area contributed by atoms with Crippen LogP contribution < -0.4 is 5.32 Å². The molecule has 0 fully saturated rings. The minimum atomic E-state index is -1.12. The Labute approximate surface area is 132 Å². The molecule has 0 saturated heterocycles. The molecule has 5 nitrogen and oxygen atoms in total. The Morgan fingerprint density at radius 3 is 2.36 bits per heavy atom. The van der Waals surface area contributed by atoms with Gasteiger partial charge < -0.3 is 14.8 Å². The van der Waals surface area contributed by atoms with Crippen LogP contribution in [0.4, 0.5) is 4.79 Å². The number of carbonyl (C=O) groups excluding carboxylic acids is 2. The van der Waals surface area contributed by atoms with Crippen LogP contribution in [0.1, 0.15) is 39.7 Å². The molecule has 1 N–H and O–H groups in total. The van der Waals surface area contributed by atoms with Crippen LogP contribution in [0.15, 0.2) is 30.3 Å². The fraction of sp³-hybridized carbons (Fsp3) is 0.529. The molecule has 0 heterocycles. The van der Waals surface area contributed by atoms with Crippen LogP contribution in [0.5, 0.6) is 0 Å². The molecule has 1 rings (SSSR count). The van der Waals surface area contributed by atoms with Gasteiger partial charge in [0, 0.05) is 0 Å². The Morgan fingerprint density at radius 2 is 1.82 bits per heavy atom. The topological polar surface area (TPSA) is 64.6 Å². The van der Waals surface area contributed by atoms with Crippen LogP contribution in [0.2, 0.25) is 0 Å². The zero-order valence-corrected chi connectivity index (χ0v) is 13.7. The first-order valence-electron chi connectivity index (χ1n) is 7.60. The van der Waals surface area contributed by atoms with E-state index < -0.39 is 17.6 Å². The quantitative estimate of drug-likeness (QED) is 0.785. The molecule has 5 heteroatoms. The predicted octanol–water partition coefficient (Wildman–Crippen LogP) is 3.28. The first kappa shape index (κ1) is 18.0. The van der Waals surface area contributed by atoms with Crippen molar-refractivity contribution in [1.29, 1.82) is 0 Å². The standard InChI is InChI=1S/C17H25NO4/c1-5-13(3)17(4,18-16(20)21-6-2)15(19)22-12-14-10-8-7-9-11-14/h7-11,13H,5-6,12H2,1-4H3,(H,18,20). The summed E-state index contributed by atoms with van der Waals surface area (Å²) in [7, 11) is 0. The number of hydrogen-bond donors (Lipinski definition) is 1. The van der Waals surface area contributed by atoms with E-state index in [1.807, 2.05) is 44.2 Å². The highest BCUT2D eigenvalue weighted by atomic mass is 16.6. The Bertz CT molecular complexity index is 489. The first-order chi connectivity index (χ1) is 10.4. The summed E-state index contributed by atoms with van der Waals surface area (Å²) >= 11 is 0. The highest BCUT2D eigenvalue weighted by Crippen LogP contribution is 2.23. The lowest BCUT2D eigenvalue weighted by atomic mass is 9.85. The number of alkyl carbamates (subject to hydrolysis) is 1. The summed E-state index contributed by atoms with van der Waals surface area (Å²) < 4.78 is 10.3. The van der Waals surface area contributed by atoms with E-state index in [2.05, 4.69) is 5.32 Å². The molecule has 0 aromatic heterocycles. The van der Waals surface area contributed by atoms with Crippen molar-refractivity contribution in [3.63, 3.8) is 0 Å². The number of ether oxygens (including phenoxy) is 2. The Balaban J connectivity index is 2.77. The smallest absolute Gasteiger partial charge is 0.408 e. The van der Waals surface area contributed by atoms with E-state index in [1.165, 1.54) is 0 Å². The van der Waals surface area contributed by atoms with Crippen LogP contribution in [-0.2, 0) is 20.9 Å². The second kappa shape index (κ2) is 8.41. The molecule has 2 unspecified atom stereocenters. The van der Waals surface area contributed by atoms with Gasteiger partial charge in [-0.25, -0.2) is 9.59 Å². The molecule has 1 aromatic rings. The second-order valence-corrected chi connectivity index (χ2v) is 5.42. The van der Waals surface area contributed by atoms with Crippen molar-refractivity contribution in [2.24, 2.45) is 5.92 Å². The summed E-state index contributed by atoms with van der Waals surface area (Å²) in [5, 5.41) is 2.65. The van der Waals surface area contributed by atoms with E-state index >= 15 is 0 Å². The molecule has 22 heavy (non-hydrogen) atoms. The number of benzene rings is 1. The maximum atomic E-state index is 12.5. The van der Waals surface area contributed by atoms with Gasteiger partial charge in [0.15, 0.2) is 0 Å². The monoisotopic (exact) mass is 307 g/mol. The summed E-state index contributed by atoms with van der Waals surface area (Å²) in [6, 6.07) is 9.43. The molecule has 0 aliphatic carbocycles. The maximum Gasteiger partial charge on any atom is 0.408 e. The summed E-state index contributed by atoms with van der Waals surface area (Å²) in [6.45, 7) is 7.67. The van der Waals surface area contributed by atoms with Crippen molar-refractivity contribution < 1.29 is 19.1 Å². The molecule has 0 spiro atoms. The summed E-state index contributed by atoms with van der Waals surface area (Å²) in [5.74, 6) is -0.543. The maximum absolute atomic E-state index is 12.5. The molecular formula is C17H25NO4. The zero-order valence-electron chi connectivity index (χ0n) is 13.7. The van der Waals surface area contributed by atoms with Gasteiger partial charge in [0.25, 0.3) is 0 Å². The predicted molar refractivity (Wildman–Crippen MR) is 84.3 cm³/mol. The number of rotatable bonds is 7. The molecule has 122 valence electrons. The van der Waals surface area contributed by atoms with E-state index in [1.54, 1.807) is 13.8 Å². The molecule has 0 radical (unpaired) electrons. The van der Waals surface area contributed by atoms with E-state index in [4.69, 9.17) is 9.47 Å². The van der Waals surface area contributed by atoms with Gasteiger partial charge in [0.05, 0.1) is 6.61 Å². The highest BCUT2D eigenvalue weighted by molar-refractivity contribution is 5.85. The van der Waals surface area contributed by atoms with Crippen molar-refractivity contribution in [2.75, 3.05) is 6.61 Å². The largest absolute Gasteiger partial charge is 0.459 e. The van der Waals surface area contributed by atoms with E-state index in [-0.39, 0.29) is 19.1 Å². The van der Waals surface area contributed by atoms with Crippen LogP contribution >= 0.6 is 0 Å². The number of amides is 1. The average molecular weight is 307 g/mol. The minimum absolute atomic E-state index is 0.0832. The number of nitrogens with one attached hydrogen (secondary N) is 1. The molecule has 0 saturated carbocycles. The van der Waals surface area contributed by atoms with Gasteiger partial charge in [-0.1, -0.05) is 50.6 Å². The number of carbonyl (C=O) groups is 2. The lowest BCUT2D eigenvalue weighted by molar-refractivity contribution is -0.154. The van der Waals surface area contributed by atoms with Crippen molar-refractivity contribution >= 4 is 12.1 Å². The molecule has 1 amide bonds. The third-order valence-electron chi connectivity index (χ3n) is 3.87. The molecule has 0 aliphatic rings. The van der Waals surface area contributed by atoms with Crippen LogP contribution in [0.25, 0.3) is 0 Å². The highest BCUT2D eigenvalue weighted by Gasteiger charge is 2.41. The fourth-order valence-electron chi connectivity index (χ4n) is 2.04. The van der Waals surface area contributed by atoms with Gasteiger partial charge in [-0.05, 0) is 25.3 Å². The Hall–Kier alpha value is -2.04. The summed E-state index contributed by atoms with van der Waals surface area (Å²) in [5.41, 5.74) is -0.214. The third-order valence-corrected chi connectivity index (χ3v) is 3.87. The minimum Gasteiger partial charge on any atom is -0.459 e. The van der Waals surface area contributed by atoms with Gasteiger partial charge in [0.2, 0.25) is 0 Å².